The van der Waals surface area contributed by atoms with E-state index in [1.807, 2.05) is 30.5 Å². The summed E-state index contributed by atoms with van der Waals surface area (Å²) in [6.45, 7) is 0. The van der Waals surface area contributed by atoms with Gasteiger partial charge in [-0.25, -0.2) is 0 Å². The molecule has 0 atom stereocenters. The minimum Gasteiger partial charge on any atom is -0.384 e. The van der Waals surface area contributed by atoms with E-state index in [4.69, 9.17) is 0 Å². The predicted molar refractivity (Wildman–Crippen MR) is 68.3 cm³/mol. The van der Waals surface area contributed by atoms with Gasteiger partial charge in [0.1, 0.15) is 0 Å². The van der Waals surface area contributed by atoms with Gasteiger partial charge in [-0.3, -0.25) is 4.98 Å². The third kappa shape index (κ3) is 2.58. The van der Waals surface area contributed by atoms with Crippen LogP contribution in [-0.4, -0.2) is 9.97 Å². The van der Waals surface area contributed by atoms with Crippen molar-refractivity contribution in [1.29, 1.82) is 0 Å². The second kappa shape index (κ2) is 5.76. The molecule has 0 aliphatic rings. The number of nitrogens with one attached hydrogen (secondary N) is 1. The zero-order chi connectivity index (χ0) is 11.5. The molecule has 0 aliphatic carbocycles. The molecule has 3 rings (SSSR count). The average molecular weight is 411 g/mol. The number of hydrogen-bond donors (Lipinski definition) is 1. The zero-order valence-corrected chi connectivity index (χ0v) is 11.9. The monoisotopic (exact) mass is 412 g/mol. The molecule has 0 unspecified atom stereocenters. The van der Waals surface area contributed by atoms with Crippen molar-refractivity contribution in [2.75, 3.05) is 0 Å². The first-order valence-electron chi connectivity index (χ1n) is 5.50. The zero-order valence-electron chi connectivity index (χ0n) is 9.55. The van der Waals surface area contributed by atoms with E-state index in [2.05, 4.69) is 40.3 Å². The number of benzene rings is 2. The molecule has 0 spiro atoms. The number of nitrogens with zero attached hydrogens (tertiary/aromatic N) is 1. The summed E-state index contributed by atoms with van der Waals surface area (Å²) in [6, 6.07) is 19.6. The molecular weight excluding hydrogens is 400 g/mol. The summed E-state index contributed by atoms with van der Waals surface area (Å²) in [6.07, 6.45) is 3.57. The SMILES string of the molecule is [Ir].[c-]1ccc(-c2ccccc2)cc1-c1ncc[nH]1. The molecule has 1 radical (unpaired) electrons. The van der Waals surface area contributed by atoms with Crippen molar-refractivity contribution in [2.24, 2.45) is 0 Å². The predicted octanol–water partition coefficient (Wildman–Crippen LogP) is 3.54. The van der Waals surface area contributed by atoms with E-state index in [1.165, 1.54) is 11.1 Å². The Hall–Kier alpha value is -1.70. The quantitative estimate of drug-likeness (QED) is 0.642. The summed E-state index contributed by atoms with van der Waals surface area (Å²) in [7, 11) is 0. The Kier molecular flexibility index (Phi) is 4.08. The van der Waals surface area contributed by atoms with Gasteiger partial charge >= 0.3 is 0 Å². The van der Waals surface area contributed by atoms with E-state index < -0.39 is 0 Å². The van der Waals surface area contributed by atoms with Gasteiger partial charge in [0.2, 0.25) is 0 Å². The van der Waals surface area contributed by atoms with Gasteiger partial charge in [0, 0.05) is 32.5 Å². The fourth-order valence-electron chi connectivity index (χ4n) is 1.83. The van der Waals surface area contributed by atoms with Crippen LogP contribution in [0.4, 0.5) is 0 Å². The molecule has 3 aromatic rings. The molecule has 0 amide bonds. The Bertz CT molecular complexity index is 603. The minimum absolute atomic E-state index is 0. The van der Waals surface area contributed by atoms with Crippen LogP contribution in [0.3, 0.4) is 0 Å². The molecule has 1 heterocycles. The van der Waals surface area contributed by atoms with Gasteiger partial charge in [-0.05, 0) is 5.56 Å². The Morgan fingerprint density at radius 1 is 1.00 bits per heavy atom. The van der Waals surface area contributed by atoms with Crippen LogP contribution >= 0.6 is 0 Å². The van der Waals surface area contributed by atoms with Crippen LogP contribution in [0.15, 0.2) is 60.9 Å². The van der Waals surface area contributed by atoms with E-state index in [-0.39, 0.29) is 20.1 Å². The van der Waals surface area contributed by atoms with Crippen LogP contribution < -0.4 is 0 Å². The molecule has 1 N–H and O–H groups in total. The normalized spacial score (nSPS) is 9.78. The Labute approximate surface area is 119 Å². The van der Waals surface area contributed by atoms with Crippen LogP contribution in [0.1, 0.15) is 0 Å². The Morgan fingerprint density at radius 3 is 2.56 bits per heavy atom. The maximum Gasteiger partial charge on any atom is 0.0531 e. The number of hydrogen-bond acceptors (Lipinski definition) is 1. The summed E-state index contributed by atoms with van der Waals surface area (Å²) in [5.74, 6) is 0.850. The molecule has 0 bridgehead atoms. The van der Waals surface area contributed by atoms with Crippen molar-refractivity contribution in [1.82, 2.24) is 9.97 Å². The number of imidazole rings is 1. The van der Waals surface area contributed by atoms with Crippen molar-refractivity contribution >= 4 is 0 Å². The van der Waals surface area contributed by atoms with Crippen molar-refractivity contribution in [3.63, 3.8) is 0 Å². The first kappa shape index (κ1) is 12.7. The van der Waals surface area contributed by atoms with E-state index >= 15 is 0 Å². The second-order valence-corrected chi connectivity index (χ2v) is 3.79. The van der Waals surface area contributed by atoms with E-state index in [0.29, 0.717) is 0 Å². The second-order valence-electron chi connectivity index (χ2n) is 3.79. The third-order valence-corrected chi connectivity index (χ3v) is 2.66. The smallest absolute Gasteiger partial charge is 0.0531 e. The van der Waals surface area contributed by atoms with Crippen molar-refractivity contribution in [3.05, 3.63) is 67.0 Å². The van der Waals surface area contributed by atoms with Crippen LogP contribution in [0.2, 0.25) is 0 Å². The first-order chi connectivity index (χ1) is 8.43. The third-order valence-electron chi connectivity index (χ3n) is 2.66. The summed E-state index contributed by atoms with van der Waals surface area (Å²) < 4.78 is 0. The van der Waals surface area contributed by atoms with Crippen LogP contribution in [0, 0.1) is 6.07 Å². The van der Waals surface area contributed by atoms with Crippen molar-refractivity contribution in [3.8, 4) is 22.5 Å². The molecule has 2 aromatic carbocycles. The van der Waals surface area contributed by atoms with E-state index in [1.54, 1.807) is 6.20 Å². The number of rotatable bonds is 2. The molecule has 3 heteroatoms. The number of aromatic amines is 1. The van der Waals surface area contributed by atoms with Crippen molar-refractivity contribution in [2.45, 2.75) is 0 Å². The van der Waals surface area contributed by atoms with E-state index in [9.17, 15) is 0 Å². The molecule has 0 saturated carbocycles. The van der Waals surface area contributed by atoms with Gasteiger partial charge in [-0.1, -0.05) is 30.3 Å². The first-order valence-corrected chi connectivity index (χ1v) is 5.50. The fraction of sp³-hybridized carbons (Fsp3) is 0. The molecule has 2 nitrogen and oxygen atoms in total. The van der Waals surface area contributed by atoms with Crippen LogP contribution in [-0.2, 0) is 20.1 Å². The molecule has 1 aromatic heterocycles. The molecule has 0 aliphatic heterocycles. The van der Waals surface area contributed by atoms with Gasteiger partial charge in [-0.2, -0.15) is 0 Å². The summed E-state index contributed by atoms with van der Waals surface area (Å²) in [4.78, 5) is 7.32. The van der Waals surface area contributed by atoms with E-state index in [0.717, 1.165) is 11.4 Å². The van der Waals surface area contributed by atoms with Gasteiger partial charge in [-0.15, -0.1) is 35.4 Å². The summed E-state index contributed by atoms with van der Waals surface area (Å²) in [5, 5.41) is 0. The number of aromatic nitrogens is 2. The largest absolute Gasteiger partial charge is 0.384 e. The van der Waals surface area contributed by atoms with Gasteiger partial charge < -0.3 is 4.98 Å². The van der Waals surface area contributed by atoms with Crippen LogP contribution in [0.25, 0.3) is 22.5 Å². The topological polar surface area (TPSA) is 28.7 Å². The molecular formula is C15H11IrN2-. The van der Waals surface area contributed by atoms with Gasteiger partial charge in [0.15, 0.2) is 0 Å². The van der Waals surface area contributed by atoms with Crippen molar-refractivity contribution < 1.29 is 20.1 Å². The standard InChI is InChI=1S/C15H11N2.Ir/c1-2-5-12(6-3-1)13-7-4-8-14(11-13)15-16-9-10-17-15;/h1-7,9-11H,(H,16,17);/q-1;. The van der Waals surface area contributed by atoms with Gasteiger partial charge in [0.05, 0.1) is 5.82 Å². The molecule has 0 saturated heterocycles. The maximum atomic E-state index is 4.23. The van der Waals surface area contributed by atoms with Gasteiger partial charge in [0.25, 0.3) is 0 Å². The Morgan fingerprint density at radius 2 is 1.83 bits per heavy atom. The minimum atomic E-state index is 0. The fourth-order valence-corrected chi connectivity index (χ4v) is 1.83. The van der Waals surface area contributed by atoms with Crippen LogP contribution in [0.5, 0.6) is 0 Å². The number of H-pyrrole nitrogens is 1. The Balaban J connectivity index is 0.00000120. The maximum absolute atomic E-state index is 4.23. The molecule has 18 heavy (non-hydrogen) atoms. The summed E-state index contributed by atoms with van der Waals surface area (Å²) >= 11 is 0. The average Bonchev–Trinajstić information content (AvgIpc) is 2.94. The molecule has 91 valence electrons. The molecule has 0 fully saturated rings. The summed E-state index contributed by atoms with van der Waals surface area (Å²) in [5.41, 5.74) is 3.36.